The lowest BCUT2D eigenvalue weighted by Gasteiger charge is -2.37. The van der Waals surface area contributed by atoms with Crippen LogP contribution in [0.5, 0.6) is 0 Å². The first kappa shape index (κ1) is 23.4. The number of benzene rings is 3. The number of aromatic nitrogens is 3. The van der Waals surface area contributed by atoms with Gasteiger partial charge in [0.2, 0.25) is 0 Å². The zero-order valence-electron chi connectivity index (χ0n) is 19.8. The predicted octanol–water partition coefficient (Wildman–Crippen LogP) is 3.94. The number of aliphatic hydroxyl groups excluding tert-OH is 1. The molecule has 3 aromatic carbocycles. The minimum Gasteiger partial charge on any atom is -0.389 e. The summed E-state index contributed by atoms with van der Waals surface area (Å²) in [6.07, 6.45) is 4.15. The average molecular weight is 469 g/mol. The van der Waals surface area contributed by atoms with Gasteiger partial charge in [-0.25, -0.2) is 4.68 Å². The average Bonchev–Trinajstić information content (AvgIpc) is 3.39. The summed E-state index contributed by atoms with van der Waals surface area (Å²) in [5.74, 6) is 0. The highest BCUT2D eigenvalue weighted by molar-refractivity contribution is 5.47. The fourth-order valence-corrected chi connectivity index (χ4v) is 4.95. The molecule has 0 bridgehead atoms. The van der Waals surface area contributed by atoms with Gasteiger partial charge in [-0.05, 0) is 42.5 Å². The number of nitrogens with one attached hydrogen (secondary N) is 1. The lowest BCUT2D eigenvalue weighted by molar-refractivity contribution is -0.0504. The molecule has 0 saturated heterocycles. The van der Waals surface area contributed by atoms with Crippen LogP contribution in [0.3, 0.4) is 0 Å². The standard InChI is InChI=1S/C29H32N4O2/c34-28(27-21-33-26(20-31-32-33)18-10-11-19-30-27)22-35-29(23-12-4-1-5-13-23,24-14-6-2-7-15-24)25-16-8-3-9-17-25/h1-9,12-17,20,27-28,30,34H,10-11,18-19,21-22H2/t27-,28-/m1/s1. The molecule has 0 spiro atoms. The molecule has 6 nitrogen and oxygen atoms in total. The Bertz CT molecular complexity index is 1080. The molecule has 1 aliphatic heterocycles. The fourth-order valence-electron chi connectivity index (χ4n) is 4.95. The number of nitrogens with zero attached hydrogens (tertiary/aromatic N) is 3. The second-order valence-corrected chi connectivity index (χ2v) is 9.08. The van der Waals surface area contributed by atoms with E-state index < -0.39 is 11.7 Å². The van der Waals surface area contributed by atoms with Crippen LogP contribution < -0.4 is 5.32 Å². The van der Waals surface area contributed by atoms with Crippen molar-refractivity contribution in [2.45, 2.75) is 43.6 Å². The van der Waals surface area contributed by atoms with Crippen LogP contribution in [0.25, 0.3) is 0 Å². The Morgan fingerprint density at radius 1 is 0.886 bits per heavy atom. The van der Waals surface area contributed by atoms with Crippen LogP contribution in [0.4, 0.5) is 0 Å². The van der Waals surface area contributed by atoms with Gasteiger partial charge in [0, 0.05) is 0 Å². The lowest BCUT2D eigenvalue weighted by Crippen LogP contribution is -2.47. The van der Waals surface area contributed by atoms with Crippen molar-refractivity contribution >= 4 is 0 Å². The van der Waals surface area contributed by atoms with Gasteiger partial charge < -0.3 is 15.2 Å². The molecule has 4 aromatic rings. The molecule has 2 N–H and O–H groups in total. The van der Waals surface area contributed by atoms with Crippen molar-refractivity contribution in [1.29, 1.82) is 0 Å². The Labute approximate surface area is 206 Å². The van der Waals surface area contributed by atoms with Gasteiger partial charge in [0.05, 0.1) is 37.2 Å². The SMILES string of the molecule is O[C@H](COC(c1ccccc1)(c1ccccc1)c1ccccc1)[C@H]1Cn2nncc2CCCCN1. The normalized spacial score (nSPS) is 17.6. The zero-order chi connectivity index (χ0) is 23.9. The van der Waals surface area contributed by atoms with Crippen LogP contribution >= 0.6 is 0 Å². The number of hydrogen-bond acceptors (Lipinski definition) is 5. The van der Waals surface area contributed by atoms with Gasteiger partial charge in [0.25, 0.3) is 0 Å². The van der Waals surface area contributed by atoms with E-state index in [-0.39, 0.29) is 12.6 Å². The molecule has 1 aromatic heterocycles. The van der Waals surface area contributed by atoms with E-state index in [0.29, 0.717) is 6.54 Å². The molecule has 1 aliphatic rings. The summed E-state index contributed by atoms with van der Waals surface area (Å²) < 4.78 is 8.75. The largest absolute Gasteiger partial charge is 0.389 e. The Balaban J connectivity index is 1.49. The van der Waals surface area contributed by atoms with Crippen molar-refractivity contribution in [3.05, 3.63) is 120 Å². The molecule has 0 radical (unpaired) electrons. The van der Waals surface area contributed by atoms with E-state index in [0.717, 1.165) is 48.2 Å². The highest BCUT2D eigenvalue weighted by atomic mass is 16.5. The Morgan fingerprint density at radius 3 is 2.03 bits per heavy atom. The van der Waals surface area contributed by atoms with Crippen molar-refractivity contribution in [2.24, 2.45) is 0 Å². The maximum absolute atomic E-state index is 11.4. The van der Waals surface area contributed by atoms with Crippen LogP contribution in [-0.4, -0.2) is 45.4 Å². The van der Waals surface area contributed by atoms with E-state index in [4.69, 9.17) is 4.74 Å². The van der Waals surface area contributed by atoms with Gasteiger partial charge in [-0.3, -0.25) is 0 Å². The third kappa shape index (κ3) is 5.05. The third-order valence-corrected chi connectivity index (χ3v) is 6.81. The van der Waals surface area contributed by atoms with E-state index in [2.05, 4.69) is 52.0 Å². The van der Waals surface area contributed by atoms with E-state index >= 15 is 0 Å². The summed E-state index contributed by atoms with van der Waals surface area (Å²) in [7, 11) is 0. The van der Waals surface area contributed by atoms with Crippen LogP contribution in [0.1, 0.15) is 35.2 Å². The minimum absolute atomic E-state index is 0.153. The van der Waals surface area contributed by atoms with E-state index in [1.807, 2.05) is 65.5 Å². The summed E-state index contributed by atoms with van der Waals surface area (Å²) in [5.41, 5.74) is 3.31. The third-order valence-electron chi connectivity index (χ3n) is 6.81. The van der Waals surface area contributed by atoms with Crippen LogP contribution in [0.2, 0.25) is 0 Å². The second kappa shape index (κ2) is 11.0. The molecule has 0 aliphatic carbocycles. The number of ether oxygens (including phenoxy) is 1. The topological polar surface area (TPSA) is 72.2 Å². The molecule has 0 saturated carbocycles. The molecule has 35 heavy (non-hydrogen) atoms. The summed E-state index contributed by atoms with van der Waals surface area (Å²) in [6, 6.07) is 30.5. The Morgan fingerprint density at radius 2 is 1.46 bits per heavy atom. The molecule has 0 unspecified atom stereocenters. The molecular weight excluding hydrogens is 436 g/mol. The van der Waals surface area contributed by atoms with Crippen LogP contribution in [0.15, 0.2) is 97.2 Å². The smallest absolute Gasteiger partial charge is 0.143 e. The van der Waals surface area contributed by atoms with Crippen molar-refractivity contribution in [2.75, 3.05) is 13.2 Å². The van der Waals surface area contributed by atoms with Gasteiger partial charge >= 0.3 is 0 Å². The second-order valence-electron chi connectivity index (χ2n) is 9.08. The fraction of sp³-hybridized carbons (Fsp3) is 0.310. The Hall–Kier alpha value is -3.32. The number of rotatable bonds is 7. The van der Waals surface area contributed by atoms with E-state index in [1.54, 1.807) is 0 Å². The van der Waals surface area contributed by atoms with Gasteiger partial charge in [-0.1, -0.05) is 96.2 Å². The van der Waals surface area contributed by atoms with Crippen molar-refractivity contribution in [1.82, 2.24) is 20.3 Å². The molecule has 0 amide bonds. The molecule has 2 heterocycles. The van der Waals surface area contributed by atoms with Crippen molar-refractivity contribution in [3.63, 3.8) is 0 Å². The first-order chi connectivity index (χ1) is 17.3. The molecule has 180 valence electrons. The number of fused-ring (bicyclic) bond motifs is 1. The van der Waals surface area contributed by atoms with Crippen LogP contribution in [0, 0.1) is 0 Å². The molecule has 0 fully saturated rings. The maximum Gasteiger partial charge on any atom is 0.143 e. The lowest BCUT2D eigenvalue weighted by atomic mass is 9.80. The minimum atomic E-state index is -0.859. The van der Waals surface area contributed by atoms with Gasteiger partial charge in [-0.15, -0.1) is 5.10 Å². The summed E-state index contributed by atoms with van der Waals surface area (Å²) in [6.45, 7) is 1.55. The first-order valence-corrected chi connectivity index (χ1v) is 12.4. The molecular formula is C29H32N4O2. The number of aliphatic hydroxyl groups is 1. The highest BCUT2D eigenvalue weighted by Crippen LogP contribution is 2.40. The van der Waals surface area contributed by atoms with Crippen molar-refractivity contribution < 1.29 is 9.84 Å². The van der Waals surface area contributed by atoms with Crippen LogP contribution in [-0.2, 0) is 23.3 Å². The summed E-state index contributed by atoms with van der Waals surface area (Å²) in [5, 5.41) is 23.3. The maximum atomic E-state index is 11.4. The zero-order valence-corrected chi connectivity index (χ0v) is 19.8. The first-order valence-electron chi connectivity index (χ1n) is 12.4. The molecule has 5 rings (SSSR count). The summed E-state index contributed by atoms with van der Waals surface area (Å²) >= 11 is 0. The molecule has 2 atom stereocenters. The number of aryl methyl sites for hydroxylation is 1. The van der Waals surface area contributed by atoms with Gasteiger partial charge in [-0.2, -0.15) is 0 Å². The Kier molecular flexibility index (Phi) is 7.33. The van der Waals surface area contributed by atoms with E-state index in [1.165, 1.54) is 0 Å². The van der Waals surface area contributed by atoms with Crippen molar-refractivity contribution in [3.8, 4) is 0 Å². The monoisotopic (exact) mass is 468 g/mol. The quantitative estimate of drug-likeness (QED) is 0.402. The predicted molar refractivity (Wildman–Crippen MR) is 136 cm³/mol. The van der Waals surface area contributed by atoms with Gasteiger partial charge in [0.1, 0.15) is 5.60 Å². The van der Waals surface area contributed by atoms with E-state index in [9.17, 15) is 5.11 Å². The molecule has 6 heteroatoms. The summed E-state index contributed by atoms with van der Waals surface area (Å²) in [4.78, 5) is 0. The number of hydrogen-bond donors (Lipinski definition) is 2. The van der Waals surface area contributed by atoms with Gasteiger partial charge in [0.15, 0.2) is 0 Å². The highest BCUT2D eigenvalue weighted by Gasteiger charge is 2.38.